The SMILES string of the molecule is CC/C=C\C/C=C\C/C=C\CCCCCCCCCCCC(=O)OCC(COC(=O)CCCCCCCCC/C=C\CCCCCC)OC(=O)CCCCCCC/C=C\C=C/CCCCCCCCC. The van der Waals surface area contributed by atoms with E-state index in [0.29, 0.717) is 19.3 Å². The van der Waals surface area contributed by atoms with Gasteiger partial charge in [0.15, 0.2) is 6.10 Å². The third kappa shape index (κ3) is 55.8. The third-order valence-corrected chi connectivity index (χ3v) is 12.9. The Labute approximate surface area is 433 Å². The summed E-state index contributed by atoms with van der Waals surface area (Å²) in [5, 5.41) is 0. The first kappa shape index (κ1) is 66.9. The average Bonchev–Trinajstić information content (AvgIpc) is 3.36. The van der Waals surface area contributed by atoms with Crippen LogP contribution in [0.5, 0.6) is 0 Å². The largest absolute Gasteiger partial charge is 0.462 e. The van der Waals surface area contributed by atoms with Crippen LogP contribution in [0.15, 0.2) is 72.9 Å². The molecular weight excluding hydrogens is 865 g/mol. The smallest absolute Gasteiger partial charge is 0.306 e. The van der Waals surface area contributed by atoms with Gasteiger partial charge in [-0.2, -0.15) is 0 Å². The lowest BCUT2D eigenvalue weighted by Crippen LogP contribution is -2.30. The van der Waals surface area contributed by atoms with E-state index in [9.17, 15) is 14.4 Å². The molecule has 0 aliphatic heterocycles. The molecule has 0 aromatic carbocycles. The molecule has 0 aromatic heterocycles. The summed E-state index contributed by atoms with van der Waals surface area (Å²) in [5.41, 5.74) is 0. The summed E-state index contributed by atoms with van der Waals surface area (Å²) in [5.74, 6) is -0.899. The average molecular weight is 978 g/mol. The first-order valence-electron chi connectivity index (χ1n) is 30.0. The van der Waals surface area contributed by atoms with Crippen molar-refractivity contribution in [3.05, 3.63) is 72.9 Å². The lowest BCUT2D eigenvalue weighted by atomic mass is 10.1. The zero-order chi connectivity index (χ0) is 50.7. The van der Waals surface area contributed by atoms with E-state index >= 15 is 0 Å². The predicted octanol–water partition coefficient (Wildman–Crippen LogP) is 20.2. The van der Waals surface area contributed by atoms with Crippen LogP contribution in [0, 0.1) is 0 Å². The van der Waals surface area contributed by atoms with Gasteiger partial charge in [-0.3, -0.25) is 14.4 Å². The van der Waals surface area contributed by atoms with Crippen LogP contribution in [0.25, 0.3) is 0 Å². The summed E-state index contributed by atoms with van der Waals surface area (Å²) in [7, 11) is 0. The van der Waals surface area contributed by atoms with Gasteiger partial charge in [0.1, 0.15) is 13.2 Å². The zero-order valence-electron chi connectivity index (χ0n) is 46.3. The molecule has 0 spiro atoms. The molecule has 0 amide bonds. The van der Waals surface area contributed by atoms with Crippen LogP contribution >= 0.6 is 0 Å². The predicted molar refractivity (Wildman–Crippen MR) is 302 cm³/mol. The molecule has 0 heterocycles. The van der Waals surface area contributed by atoms with Gasteiger partial charge in [0.2, 0.25) is 0 Å². The summed E-state index contributed by atoms with van der Waals surface area (Å²) in [4.78, 5) is 38.2. The van der Waals surface area contributed by atoms with E-state index in [1.165, 1.54) is 161 Å². The molecule has 0 radical (unpaired) electrons. The molecule has 0 N–H and O–H groups in total. The van der Waals surface area contributed by atoms with Crippen molar-refractivity contribution in [1.29, 1.82) is 0 Å². The molecule has 0 saturated heterocycles. The van der Waals surface area contributed by atoms with E-state index in [2.05, 4.69) is 93.7 Å². The quantitative estimate of drug-likeness (QED) is 0.0199. The van der Waals surface area contributed by atoms with Gasteiger partial charge in [0.05, 0.1) is 0 Å². The van der Waals surface area contributed by atoms with Crippen molar-refractivity contribution in [3.8, 4) is 0 Å². The second-order valence-electron chi connectivity index (χ2n) is 19.9. The third-order valence-electron chi connectivity index (χ3n) is 12.9. The molecule has 0 rings (SSSR count). The monoisotopic (exact) mass is 977 g/mol. The van der Waals surface area contributed by atoms with Gasteiger partial charge in [0, 0.05) is 19.3 Å². The Hall–Kier alpha value is -3.15. The van der Waals surface area contributed by atoms with Gasteiger partial charge < -0.3 is 14.2 Å². The van der Waals surface area contributed by atoms with Crippen molar-refractivity contribution in [1.82, 2.24) is 0 Å². The van der Waals surface area contributed by atoms with Crippen LogP contribution in [0.1, 0.15) is 297 Å². The molecule has 6 heteroatoms. The van der Waals surface area contributed by atoms with E-state index in [1.54, 1.807) is 0 Å². The van der Waals surface area contributed by atoms with E-state index in [1.807, 2.05) is 0 Å². The Balaban J connectivity index is 4.40. The first-order chi connectivity index (χ1) is 34.5. The van der Waals surface area contributed by atoms with Crippen LogP contribution in [-0.4, -0.2) is 37.2 Å². The highest BCUT2D eigenvalue weighted by molar-refractivity contribution is 5.71. The van der Waals surface area contributed by atoms with E-state index in [4.69, 9.17) is 14.2 Å². The maximum absolute atomic E-state index is 12.9. The minimum absolute atomic E-state index is 0.0847. The number of hydrogen-bond donors (Lipinski definition) is 0. The van der Waals surface area contributed by atoms with E-state index in [-0.39, 0.29) is 31.1 Å². The van der Waals surface area contributed by atoms with Crippen LogP contribution in [-0.2, 0) is 28.6 Å². The molecular formula is C64H112O6. The maximum Gasteiger partial charge on any atom is 0.306 e. The number of hydrogen-bond acceptors (Lipinski definition) is 6. The minimum Gasteiger partial charge on any atom is -0.462 e. The van der Waals surface area contributed by atoms with Gasteiger partial charge in [0.25, 0.3) is 0 Å². The second kappa shape index (κ2) is 58.4. The van der Waals surface area contributed by atoms with Crippen LogP contribution in [0.3, 0.4) is 0 Å². The van der Waals surface area contributed by atoms with Crippen molar-refractivity contribution in [2.24, 2.45) is 0 Å². The molecule has 0 aromatic rings. The topological polar surface area (TPSA) is 78.9 Å². The second-order valence-corrected chi connectivity index (χ2v) is 19.9. The maximum atomic E-state index is 12.9. The Morgan fingerprint density at radius 1 is 0.314 bits per heavy atom. The summed E-state index contributed by atoms with van der Waals surface area (Å²) in [6.07, 6.45) is 74.6. The molecule has 6 nitrogen and oxygen atoms in total. The van der Waals surface area contributed by atoms with Crippen LogP contribution in [0.2, 0.25) is 0 Å². The zero-order valence-corrected chi connectivity index (χ0v) is 46.3. The van der Waals surface area contributed by atoms with E-state index < -0.39 is 6.10 Å². The van der Waals surface area contributed by atoms with Gasteiger partial charge in [-0.1, -0.05) is 248 Å². The van der Waals surface area contributed by atoms with Crippen molar-refractivity contribution >= 4 is 17.9 Å². The molecule has 404 valence electrons. The summed E-state index contributed by atoms with van der Waals surface area (Å²) >= 11 is 0. The number of esters is 3. The molecule has 0 bridgehead atoms. The number of rotatable bonds is 54. The summed E-state index contributed by atoms with van der Waals surface area (Å²) in [6.45, 7) is 6.52. The molecule has 0 fully saturated rings. The highest BCUT2D eigenvalue weighted by Crippen LogP contribution is 2.15. The lowest BCUT2D eigenvalue weighted by Gasteiger charge is -2.18. The summed E-state index contributed by atoms with van der Waals surface area (Å²) in [6, 6.07) is 0. The standard InChI is InChI=1S/C64H112O6/c1-4-7-10-13-16-19-22-25-28-30-32-34-36-39-42-45-48-51-54-57-63(66)69-60-61(59-68-62(65)56-53-50-47-44-41-38-35-27-24-21-18-15-12-9-6-3)70-64(67)58-55-52-49-46-43-40-37-33-31-29-26-23-20-17-14-11-8-5-2/h7,10,16,19,21,24-25,28-29,31,33,37,61H,4-6,8-9,11-15,17-18,20,22-23,26-27,30,32,34-36,38-60H2,1-3H3/b10-7-,19-16-,24-21-,28-25-,31-29-,37-33-. The molecule has 70 heavy (non-hydrogen) atoms. The highest BCUT2D eigenvalue weighted by atomic mass is 16.6. The van der Waals surface area contributed by atoms with Gasteiger partial charge in [-0.05, 0) is 103 Å². The van der Waals surface area contributed by atoms with Crippen molar-refractivity contribution in [2.75, 3.05) is 13.2 Å². The van der Waals surface area contributed by atoms with E-state index in [0.717, 1.165) is 96.3 Å². The van der Waals surface area contributed by atoms with Crippen molar-refractivity contribution in [2.45, 2.75) is 303 Å². The molecule has 0 aliphatic rings. The van der Waals surface area contributed by atoms with Gasteiger partial charge in [-0.25, -0.2) is 0 Å². The molecule has 1 unspecified atom stereocenters. The fourth-order valence-electron chi connectivity index (χ4n) is 8.44. The Bertz CT molecular complexity index is 1310. The fourth-order valence-corrected chi connectivity index (χ4v) is 8.44. The lowest BCUT2D eigenvalue weighted by molar-refractivity contribution is -0.167. The van der Waals surface area contributed by atoms with Crippen molar-refractivity contribution < 1.29 is 28.6 Å². The Morgan fingerprint density at radius 3 is 0.986 bits per heavy atom. The van der Waals surface area contributed by atoms with Crippen molar-refractivity contribution in [3.63, 3.8) is 0 Å². The Kier molecular flexibility index (Phi) is 55.8. The number of allylic oxidation sites excluding steroid dienone is 12. The molecule has 0 saturated carbocycles. The highest BCUT2D eigenvalue weighted by Gasteiger charge is 2.19. The number of carbonyl (C=O) groups excluding carboxylic acids is 3. The normalized spacial score (nSPS) is 12.6. The summed E-state index contributed by atoms with van der Waals surface area (Å²) < 4.78 is 16.9. The molecule has 0 aliphatic carbocycles. The fraction of sp³-hybridized carbons (Fsp3) is 0.766. The van der Waals surface area contributed by atoms with Gasteiger partial charge >= 0.3 is 17.9 Å². The number of carbonyl (C=O) groups is 3. The van der Waals surface area contributed by atoms with Gasteiger partial charge in [-0.15, -0.1) is 0 Å². The van der Waals surface area contributed by atoms with Crippen LogP contribution in [0.4, 0.5) is 0 Å². The molecule has 1 atom stereocenters. The number of unbranched alkanes of at least 4 members (excludes halogenated alkanes) is 32. The minimum atomic E-state index is -0.788. The Morgan fingerprint density at radius 2 is 0.600 bits per heavy atom. The first-order valence-corrected chi connectivity index (χ1v) is 30.0. The number of ether oxygens (including phenoxy) is 3. The van der Waals surface area contributed by atoms with Crippen LogP contribution < -0.4 is 0 Å².